The van der Waals surface area contributed by atoms with Crippen LogP contribution in [0.5, 0.6) is 0 Å². The van der Waals surface area contributed by atoms with E-state index in [4.69, 9.17) is 4.74 Å². The highest BCUT2D eigenvalue weighted by Crippen LogP contribution is 2.47. The van der Waals surface area contributed by atoms with E-state index >= 15 is 0 Å². The van der Waals surface area contributed by atoms with E-state index in [-0.39, 0.29) is 30.5 Å². The van der Waals surface area contributed by atoms with E-state index in [2.05, 4.69) is 29.0 Å². The van der Waals surface area contributed by atoms with Gasteiger partial charge in [-0.1, -0.05) is 18.2 Å². The van der Waals surface area contributed by atoms with Gasteiger partial charge in [0.1, 0.15) is 0 Å². The minimum absolute atomic E-state index is 0.0219. The molecule has 2 saturated heterocycles. The monoisotopic (exact) mass is 331 g/mol. The van der Waals surface area contributed by atoms with Crippen molar-refractivity contribution in [1.82, 2.24) is 9.80 Å². The third-order valence-electron chi connectivity index (χ3n) is 5.65. The number of hydrogen-bond donors (Lipinski definition) is 1. The third-order valence-corrected chi connectivity index (χ3v) is 5.65. The second kappa shape index (κ2) is 6.35. The minimum atomic E-state index is -0.0987. The largest absolute Gasteiger partial charge is 0.394 e. The molecule has 2 fully saturated rings. The summed E-state index contributed by atoms with van der Waals surface area (Å²) in [6.45, 7) is 4.27. The van der Waals surface area contributed by atoms with E-state index < -0.39 is 0 Å². The molecule has 4 rings (SSSR count). The van der Waals surface area contributed by atoms with Gasteiger partial charge in [0.15, 0.2) is 0 Å². The van der Waals surface area contributed by atoms with Crippen LogP contribution in [0.15, 0.2) is 24.3 Å². The Bertz CT molecular complexity index is 617. The van der Waals surface area contributed by atoms with E-state index in [1.165, 1.54) is 11.3 Å². The van der Waals surface area contributed by atoms with Gasteiger partial charge in [0.25, 0.3) is 0 Å². The molecule has 1 amide bonds. The first-order chi connectivity index (χ1) is 11.7. The molecule has 1 N–H and O–H groups in total. The van der Waals surface area contributed by atoms with Crippen LogP contribution in [-0.2, 0) is 9.53 Å². The molecule has 130 valence electrons. The molecule has 1 aromatic carbocycles. The van der Waals surface area contributed by atoms with Crippen molar-refractivity contribution in [3.63, 3.8) is 0 Å². The SMILES string of the molecule is CN1C[C@H]2[C@@H](c3ccccc31)[C@H](CO)N2C(=O)CN1CCOCC1. The van der Waals surface area contributed by atoms with Crippen molar-refractivity contribution in [2.75, 3.05) is 57.9 Å². The van der Waals surface area contributed by atoms with Gasteiger partial charge in [-0.3, -0.25) is 9.69 Å². The Morgan fingerprint density at radius 2 is 2.04 bits per heavy atom. The Morgan fingerprint density at radius 1 is 1.29 bits per heavy atom. The van der Waals surface area contributed by atoms with Crippen LogP contribution >= 0.6 is 0 Å². The van der Waals surface area contributed by atoms with Crippen LogP contribution < -0.4 is 4.90 Å². The summed E-state index contributed by atoms with van der Waals surface area (Å²) in [6.07, 6.45) is 0. The summed E-state index contributed by atoms with van der Waals surface area (Å²) in [4.78, 5) is 19.1. The standard InChI is InChI=1S/C18H25N3O3/c1-19-10-15-18(13-4-2-3-5-14(13)19)16(12-22)21(15)17(23)11-20-6-8-24-9-7-20/h2-5,15-16,18,22H,6-12H2,1H3/t15-,16-,18+/m0/s1. The number of morpholine rings is 1. The maximum atomic E-state index is 12.9. The Hall–Kier alpha value is -1.63. The van der Waals surface area contributed by atoms with Crippen molar-refractivity contribution in [2.24, 2.45) is 0 Å². The molecule has 6 nitrogen and oxygen atoms in total. The summed E-state index contributed by atoms with van der Waals surface area (Å²) >= 11 is 0. The highest BCUT2D eigenvalue weighted by molar-refractivity contribution is 5.81. The van der Waals surface area contributed by atoms with E-state index in [1.807, 2.05) is 17.0 Å². The fourth-order valence-corrected chi connectivity index (χ4v) is 4.46. The number of aliphatic hydroxyl groups is 1. The number of para-hydroxylation sites is 1. The first kappa shape index (κ1) is 15.9. The predicted octanol–water partition coefficient (Wildman–Crippen LogP) is 0.124. The summed E-state index contributed by atoms with van der Waals surface area (Å²) in [7, 11) is 2.08. The van der Waals surface area contributed by atoms with Gasteiger partial charge in [0, 0.05) is 38.3 Å². The summed E-state index contributed by atoms with van der Waals surface area (Å²) < 4.78 is 5.35. The van der Waals surface area contributed by atoms with Gasteiger partial charge in [0.2, 0.25) is 5.91 Å². The smallest absolute Gasteiger partial charge is 0.237 e. The number of carbonyl (C=O) groups is 1. The number of rotatable bonds is 3. The van der Waals surface area contributed by atoms with Crippen molar-refractivity contribution >= 4 is 11.6 Å². The number of fused-ring (bicyclic) bond motifs is 3. The van der Waals surface area contributed by atoms with Crippen LogP contribution in [0.1, 0.15) is 11.5 Å². The topological polar surface area (TPSA) is 56.2 Å². The highest BCUT2D eigenvalue weighted by Gasteiger charge is 2.54. The number of benzene rings is 1. The van der Waals surface area contributed by atoms with Crippen LogP contribution in [0.2, 0.25) is 0 Å². The number of ether oxygens (including phenoxy) is 1. The summed E-state index contributed by atoms with van der Waals surface area (Å²) in [5, 5.41) is 9.90. The summed E-state index contributed by atoms with van der Waals surface area (Å²) in [5.41, 5.74) is 2.48. The van der Waals surface area contributed by atoms with Gasteiger partial charge in [0.05, 0.1) is 38.4 Å². The molecule has 0 unspecified atom stereocenters. The van der Waals surface area contributed by atoms with Crippen LogP contribution in [0.3, 0.4) is 0 Å². The van der Waals surface area contributed by atoms with E-state index in [0.29, 0.717) is 19.8 Å². The van der Waals surface area contributed by atoms with Crippen molar-refractivity contribution in [2.45, 2.75) is 18.0 Å². The fraction of sp³-hybridized carbons (Fsp3) is 0.611. The first-order valence-corrected chi connectivity index (χ1v) is 8.73. The van der Waals surface area contributed by atoms with Gasteiger partial charge in [-0.25, -0.2) is 0 Å². The maximum Gasteiger partial charge on any atom is 0.237 e. The third kappa shape index (κ3) is 2.49. The summed E-state index contributed by atoms with van der Waals surface area (Å²) in [6, 6.07) is 8.41. The molecule has 24 heavy (non-hydrogen) atoms. The molecule has 3 aliphatic rings. The molecule has 0 aliphatic carbocycles. The van der Waals surface area contributed by atoms with Gasteiger partial charge < -0.3 is 19.6 Å². The Morgan fingerprint density at radius 3 is 2.79 bits per heavy atom. The molecule has 0 bridgehead atoms. The van der Waals surface area contributed by atoms with E-state index in [1.54, 1.807) is 0 Å². The number of amides is 1. The van der Waals surface area contributed by atoms with Crippen LogP contribution in [0.25, 0.3) is 0 Å². The lowest BCUT2D eigenvalue weighted by atomic mass is 9.72. The molecule has 3 atom stereocenters. The molecular weight excluding hydrogens is 306 g/mol. The summed E-state index contributed by atoms with van der Waals surface area (Å²) in [5.74, 6) is 0.376. The number of anilines is 1. The van der Waals surface area contributed by atoms with E-state index in [0.717, 1.165) is 19.6 Å². The lowest BCUT2D eigenvalue weighted by Gasteiger charge is -2.59. The number of likely N-dealkylation sites (N-methyl/N-ethyl adjacent to an activating group) is 1. The molecule has 3 heterocycles. The van der Waals surface area contributed by atoms with Crippen molar-refractivity contribution in [1.29, 1.82) is 0 Å². The zero-order valence-electron chi connectivity index (χ0n) is 14.1. The molecular formula is C18H25N3O3. The first-order valence-electron chi connectivity index (χ1n) is 8.73. The van der Waals surface area contributed by atoms with Crippen molar-refractivity contribution in [3.05, 3.63) is 29.8 Å². The number of hydrogen-bond acceptors (Lipinski definition) is 5. The Kier molecular flexibility index (Phi) is 4.20. The molecule has 1 aromatic rings. The molecule has 0 saturated carbocycles. The minimum Gasteiger partial charge on any atom is -0.394 e. The molecule has 0 radical (unpaired) electrons. The average molecular weight is 331 g/mol. The quantitative estimate of drug-likeness (QED) is 0.853. The second-order valence-corrected chi connectivity index (χ2v) is 6.97. The number of aliphatic hydroxyl groups excluding tert-OH is 1. The number of nitrogens with zero attached hydrogens (tertiary/aromatic N) is 3. The molecule has 0 aromatic heterocycles. The number of carbonyl (C=O) groups excluding carboxylic acids is 1. The van der Waals surface area contributed by atoms with Crippen LogP contribution in [0, 0.1) is 0 Å². The molecule has 3 aliphatic heterocycles. The Labute approximate surface area is 142 Å². The van der Waals surface area contributed by atoms with Crippen LogP contribution in [-0.4, -0.2) is 85.9 Å². The zero-order chi connectivity index (χ0) is 16.7. The fourth-order valence-electron chi connectivity index (χ4n) is 4.46. The van der Waals surface area contributed by atoms with Crippen molar-refractivity contribution < 1.29 is 14.6 Å². The van der Waals surface area contributed by atoms with Gasteiger partial charge in [-0.15, -0.1) is 0 Å². The van der Waals surface area contributed by atoms with Gasteiger partial charge in [-0.2, -0.15) is 0 Å². The Balaban J connectivity index is 1.53. The van der Waals surface area contributed by atoms with E-state index in [9.17, 15) is 9.90 Å². The second-order valence-electron chi connectivity index (χ2n) is 6.97. The molecule has 0 spiro atoms. The average Bonchev–Trinajstić information content (AvgIpc) is 2.58. The molecule has 6 heteroatoms. The van der Waals surface area contributed by atoms with Crippen molar-refractivity contribution in [3.8, 4) is 0 Å². The lowest BCUT2D eigenvalue weighted by Crippen LogP contribution is -2.71. The van der Waals surface area contributed by atoms with Gasteiger partial charge in [-0.05, 0) is 11.6 Å². The lowest BCUT2D eigenvalue weighted by molar-refractivity contribution is -0.152. The zero-order valence-corrected chi connectivity index (χ0v) is 14.1. The highest BCUT2D eigenvalue weighted by atomic mass is 16.5. The maximum absolute atomic E-state index is 12.9. The normalized spacial score (nSPS) is 29.7. The predicted molar refractivity (Wildman–Crippen MR) is 91.2 cm³/mol. The number of likely N-dealkylation sites (tertiary alicyclic amines) is 1. The van der Waals surface area contributed by atoms with Gasteiger partial charge >= 0.3 is 0 Å². The van der Waals surface area contributed by atoms with Crippen LogP contribution in [0.4, 0.5) is 5.69 Å².